The number of hydrogen-bond acceptors (Lipinski definition) is 11. The number of azo groups is 1. The summed E-state index contributed by atoms with van der Waals surface area (Å²) in [4.78, 5) is 16.2. The Morgan fingerprint density at radius 3 is 2.67 bits per heavy atom. The number of aromatic nitrogens is 3. The van der Waals surface area contributed by atoms with E-state index in [1.807, 2.05) is 0 Å². The summed E-state index contributed by atoms with van der Waals surface area (Å²) in [6, 6.07) is 4.23. The minimum Gasteiger partial charge on any atom is -0.726 e. The van der Waals surface area contributed by atoms with E-state index in [0.29, 0.717) is 12.2 Å². The Kier molecular flexibility index (Phi) is 6.49. The quantitative estimate of drug-likeness (QED) is 0.199. The predicted octanol–water partition coefficient (Wildman–Crippen LogP) is 1.44. The van der Waals surface area contributed by atoms with Crippen molar-refractivity contribution in [1.82, 2.24) is 14.8 Å². The summed E-state index contributed by atoms with van der Waals surface area (Å²) in [5.74, 6) is 0.0574. The Morgan fingerprint density at radius 1 is 1.37 bits per heavy atom. The van der Waals surface area contributed by atoms with Gasteiger partial charge in [0.25, 0.3) is 11.6 Å². The summed E-state index contributed by atoms with van der Waals surface area (Å²) in [7, 11) is -3.15. The summed E-state index contributed by atoms with van der Waals surface area (Å²) < 4.78 is 37.1. The van der Waals surface area contributed by atoms with E-state index in [4.69, 9.17) is 0 Å². The second-order valence-corrected chi connectivity index (χ2v) is 6.21. The molecule has 0 amide bonds. The van der Waals surface area contributed by atoms with Crippen LogP contribution < -0.4 is 4.90 Å². The number of aryl methyl sites for hydroxylation is 1. The molecular weight excluding hydrogens is 382 g/mol. The molecule has 14 heteroatoms. The maximum atomic E-state index is 11.4. The van der Waals surface area contributed by atoms with Crippen LogP contribution in [-0.4, -0.2) is 52.4 Å². The molecular formula is C13H16N7O6S-. The zero-order chi connectivity index (χ0) is 20.0. The van der Waals surface area contributed by atoms with Gasteiger partial charge in [0, 0.05) is 31.9 Å². The molecule has 1 heterocycles. The molecule has 2 aromatic rings. The summed E-state index contributed by atoms with van der Waals surface area (Å²) in [5, 5.41) is 22.8. The Hall–Kier alpha value is -2.97. The summed E-state index contributed by atoms with van der Waals surface area (Å²) >= 11 is 0. The van der Waals surface area contributed by atoms with Gasteiger partial charge in [0.05, 0.1) is 11.5 Å². The van der Waals surface area contributed by atoms with Crippen molar-refractivity contribution < 1.29 is 22.1 Å². The van der Waals surface area contributed by atoms with Crippen molar-refractivity contribution in [3.8, 4) is 0 Å². The van der Waals surface area contributed by atoms with Crippen LogP contribution in [0.15, 0.2) is 34.8 Å². The molecule has 13 nitrogen and oxygen atoms in total. The van der Waals surface area contributed by atoms with Gasteiger partial charge in [-0.1, -0.05) is 0 Å². The van der Waals surface area contributed by atoms with Gasteiger partial charge in [-0.15, -0.1) is 15.3 Å². The lowest BCUT2D eigenvalue weighted by atomic mass is 10.2. The summed E-state index contributed by atoms with van der Waals surface area (Å²) in [5.41, 5.74) is 0.139. The van der Waals surface area contributed by atoms with Crippen LogP contribution in [0.25, 0.3) is 0 Å². The number of nitro groups is 1. The highest BCUT2D eigenvalue weighted by Gasteiger charge is 2.17. The molecule has 2 rings (SSSR count). The molecule has 0 fully saturated rings. The van der Waals surface area contributed by atoms with Crippen LogP contribution >= 0.6 is 0 Å². The van der Waals surface area contributed by atoms with Crippen molar-refractivity contribution in [1.29, 1.82) is 0 Å². The smallest absolute Gasteiger partial charge is 0.298 e. The molecule has 0 aliphatic carbocycles. The predicted molar refractivity (Wildman–Crippen MR) is 91.8 cm³/mol. The van der Waals surface area contributed by atoms with Crippen LogP contribution in [0.5, 0.6) is 0 Å². The van der Waals surface area contributed by atoms with E-state index in [0.717, 1.165) is 0 Å². The first-order valence-corrected chi connectivity index (χ1v) is 8.94. The largest absolute Gasteiger partial charge is 0.726 e. The molecule has 0 spiro atoms. The minimum absolute atomic E-state index is 0.00522. The first-order chi connectivity index (χ1) is 12.7. The lowest BCUT2D eigenvalue weighted by Gasteiger charge is -2.23. The van der Waals surface area contributed by atoms with Gasteiger partial charge in [-0.25, -0.2) is 8.42 Å². The van der Waals surface area contributed by atoms with Gasteiger partial charge in [0.15, 0.2) is 5.69 Å². The van der Waals surface area contributed by atoms with Crippen LogP contribution in [0.3, 0.4) is 0 Å². The minimum atomic E-state index is -4.80. The van der Waals surface area contributed by atoms with Gasteiger partial charge in [0.1, 0.15) is 6.33 Å². The van der Waals surface area contributed by atoms with Gasteiger partial charge in [0.2, 0.25) is 10.4 Å². The molecule has 0 bridgehead atoms. The maximum absolute atomic E-state index is 11.4. The second-order valence-electron chi connectivity index (χ2n) is 5.16. The number of nitrogens with zero attached hydrogens (tertiary/aromatic N) is 7. The van der Waals surface area contributed by atoms with E-state index < -0.39 is 15.3 Å². The second kappa shape index (κ2) is 8.61. The van der Waals surface area contributed by atoms with E-state index in [1.165, 1.54) is 23.1 Å². The van der Waals surface area contributed by atoms with Gasteiger partial charge in [-0.05, 0) is 19.1 Å². The van der Waals surface area contributed by atoms with Crippen molar-refractivity contribution in [3.63, 3.8) is 0 Å². The molecule has 0 N–H and O–H groups in total. The monoisotopic (exact) mass is 398 g/mol. The van der Waals surface area contributed by atoms with E-state index in [-0.39, 0.29) is 30.5 Å². The van der Waals surface area contributed by atoms with Gasteiger partial charge in [-0.2, -0.15) is 4.98 Å². The molecule has 0 radical (unpaired) electrons. The highest BCUT2D eigenvalue weighted by Crippen LogP contribution is 2.32. The lowest BCUT2D eigenvalue weighted by Crippen LogP contribution is -2.28. The third kappa shape index (κ3) is 6.05. The zero-order valence-corrected chi connectivity index (χ0v) is 15.2. The number of nitro benzene ring substituents is 1. The van der Waals surface area contributed by atoms with Crippen molar-refractivity contribution >= 4 is 33.4 Å². The van der Waals surface area contributed by atoms with E-state index in [1.54, 1.807) is 24.9 Å². The molecule has 0 aliphatic heterocycles. The number of hydrogen-bond donors (Lipinski definition) is 0. The fourth-order valence-electron chi connectivity index (χ4n) is 2.13. The molecule has 27 heavy (non-hydrogen) atoms. The molecule has 0 aliphatic rings. The number of benzene rings is 1. The topological polar surface area (TPSA) is 168 Å². The van der Waals surface area contributed by atoms with Crippen molar-refractivity contribution in [2.24, 2.45) is 17.3 Å². The fraction of sp³-hybridized carbons (Fsp3) is 0.385. The number of anilines is 1. The molecule has 146 valence electrons. The molecule has 0 atom stereocenters. The molecule has 0 saturated carbocycles. The van der Waals surface area contributed by atoms with Crippen LogP contribution in [0.2, 0.25) is 0 Å². The summed E-state index contributed by atoms with van der Waals surface area (Å²) in [6.45, 7) is 1.84. The summed E-state index contributed by atoms with van der Waals surface area (Å²) in [6.07, 6.45) is 1.41. The van der Waals surface area contributed by atoms with Crippen LogP contribution in [0.1, 0.15) is 6.92 Å². The molecule has 0 saturated heterocycles. The van der Waals surface area contributed by atoms with Crippen LogP contribution in [0.4, 0.5) is 23.0 Å². The Labute approximate surface area is 154 Å². The van der Waals surface area contributed by atoms with Crippen molar-refractivity contribution in [3.05, 3.63) is 34.6 Å². The molecule has 1 aromatic carbocycles. The maximum Gasteiger partial charge on any atom is 0.298 e. The van der Waals surface area contributed by atoms with E-state index in [2.05, 4.69) is 24.5 Å². The fourth-order valence-corrected chi connectivity index (χ4v) is 2.41. The van der Waals surface area contributed by atoms with Gasteiger partial charge in [-0.3, -0.25) is 19.0 Å². The average molecular weight is 398 g/mol. The number of likely N-dealkylation sites (N-methyl/N-ethyl adjacent to an activating group) is 1. The van der Waals surface area contributed by atoms with Crippen molar-refractivity contribution in [2.75, 3.05) is 24.6 Å². The third-order valence-corrected chi connectivity index (χ3v) is 3.78. The molecule has 1 aromatic heterocycles. The van der Waals surface area contributed by atoms with Crippen molar-refractivity contribution in [2.45, 2.75) is 6.92 Å². The van der Waals surface area contributed by atoms with E-state index >= 15 is 0 Å². The first kappa shape index (κ1) is 20.3. The third-order valence-electron chi connectivity index (χ3n) is 3.33. The zero-order valence-electron chi connectivity index (χ0n) is 14.4. The SMILES string of the molecule is CCN(CCOS(=O)(=O)[O-])c1ccc(N=Nc2ncn(C)n2)c([N+](=O)[O-])c1. The standard InChI is InChI=1S/C13H17N7O6S/c1-3-19(6-7-26-27(23,24)25)10-4-5-11(12(8-10)20(21)22)15-16-13-14-9-18(2)17-13/h4-5,8-9H,3,6-7H2,1-2H3,(H,23,24,25)/p-1. The first-order valence-electron chi connectivity index (χ1n) is 7.60. The highest BCUT2D eigenvalue weighted by molar-refractivity contribution is 7.80. The Bertz CT molecular complexity index is 942. The average Bonchev–Trinajstić information content (AvgIpc) is 3.01. The normalized spacial score (nSPS) is 11.8. The van der Waals surface area contributed by atoms with E-state index in [9.17, 15) is 23.1 Å². The number of rotatable bonds is 9. The Morgan fingerprint density at radius 2 is 2.11 bits per heavy atom. The van der Waals surface area contributed by atoms with Crippen LogP contribution in [-0.2, 0) is 21.6 Å². The lowest BCUT2D eigenvalue weighted by molar-refractivity contribution is -0.384. The highest BCUT2D eigenvalue weighted by atomic mass is 32.3. The van der Waals surface area contributed by atoms with Gasteiger partial charge >= 0.3 is 0 Å². The Balaban J connectivity index is 2.22. The van der Waals surface area contributed by atoms with Crippen LogP contribution in [0, 0.1) is 10.1 Å². The van der Waals surface area contributed by atoms with Gasteiger partial charge < -0.3 is 9.45 Å². The molecule has 0 unspecified atom stereocenters.